The number of carbonyl (C=O) groups is 4. The SMILES string of the molecule is CC(C)(O)C(COc1c2ccoc2cc2oc(=O)ccc12)SCC(NC(=O)CCC(N)C(=O)O)C(=O)NCC(=O)O. The van der Waals surface area contributed by atoms with Crippen molar-refractivity contribution in [2.45, 2.75) is 49.6 Å². The highest BCUT2D eigenvalue weighted by Crippen LogP contribution is 2.36. The van der Waals surface area contributed by atoms with E-state index in [1.165, 1.54) is 26.2 Å². The smallest absolute Gasteiger partial charge is 0.336 e. The number of benzene rings is 1. The first-order valence-electron chi connectivity index (χ1n) is 12.4. The molecule has 0 radical (unpaired) electrons. The van der Waals surface area contributed by atoms with Crippen LogP contribution in [0.15, 0.2) is 44.2 Å². The second-order valence-electron chi connectivity index (χ2n) is 9.71. The van der Waals surface area contributed by atoms with E-state index >= 15 is 0 Å². The summed E-state index contributed by atoms with van der Waals surface area (Å²) in [6, 6.07) is 3.54. The molecular weight excluding hydrogens is 562 g/mol. The summed E-state index contributed by atoms with van der Waals surface area (Å²) in [5.74, 6) is -3.75. The number of carbonyl (C=O) groups excluding carboxylic acids is 2. The third kappa shape index (κ3) is 8.70. The summed E-state index contributed by atoms with van der Waals surface area (Å²) in [5.41, 5.74) is 4.18. The van der Waals surface area contributed by atoms with Crippen molar-refractivity contribution in [1.29, 1.82) is 0 Å². The highest BCUT2D eigenvalue weighted by Gasteiger charge is 2.32. The molecule has 0 aliphatic carbocycles. The molecule has 0 saturated carbocycles. The van der Waals surface area contributed by atoms with E-state index in [-0.39, 0.29) is 30.8 Å². The Morgan fingerprint density at radius 3 is 2.49 bits per heavy atom. The molecular formula is C26H31N3O11S. The Hall–Kier alpha value is -4.08. The van der Waals surface area contributed by atoms with Crippen LogP contribution < -0.4 is 26.7 Å². The summed E-state index contributed by atoms with van der Waals surface area (Å²) in [6.45, 7) is 2.30. The molecule has 3 atom stereocenters. The molecule has 0 fully saturated rings. The van der Waals surface area contributed by atoms with Crippen LogP contribution in [0.25, 0.3) is 21.9 Å². The number of rotatable bonds is 15. The lowest BCUT2D eigenvalue weighted by molar-refractivity contribution is -0.139. The van der Waals surface area contributed by atoms with Gasteiger partial charge in [-0.3, -0.25) is 19.2 Å². The minimum absolute atomic E-state index is 0.0858. The number of hydrogen-bond donors (Lipinski definition) is 6. The molecule has 3 unspecified atom stereocenters. The van der Waals surface area contributed by atoms with Gasteiger partial charge in [0.1, 0.15) is 42.2 Å². The Labute approximate surface area is 237 Å². The molecule has 0 bridgehead atoms. The van der Waals surface area contributed by atoms with Crippen LogP contribution in [-0.4, -0.2) is 80.9 Å². The van der Waals surface area contributed by atoms with Gasteiger partial charge in [-0.1, -0.05) is 0 Å². The molecule has 3 aromatic rings. The lowest BCUT2D eigenvalue weighted by Gasteiger charge is -2.30. The minimum Gasteiger partial charge on any atom is -0.491 e. The molecule has 222 valence electrons. The van der Waals surface area contributed by atoms with Gasteiger partial charge in [0.15, 0.2) is 0 Å². The van der Waals surface area contributed by atoms with Gasteiger partial charge in [-0.25, -0.2) is 4.79 Å². The van der Waals surface area contributed by atoms with Crippen molar-refractivity contribution >= 4 is 57.5 Å². The molecule has 7 N–H and O–H groups in total. The summed E-state index contributed by atoms with van der Waals surface area (Å²) >= 11 is 1.09. The molecule has 0 saturated heterocycles. The number of aliphatic carboxylic acids is 2. The van der Waals surface area contributed by atoms with Crippen LogP contribution in [0.3, 0.4) is 0 Å². The number of nitrogens with two attached hydrogens (primary N) is 1. The first-order chi connectivity index (χ1) is 19.3. The van der Waals surface area contributed by atoms with Crippen LogP contribution in [0.1, 0.15) is 26.7 Å². The Kier molecular flexibility index (Phi) is 10.4. The Morgan fingerprint density at radius 1 is 1.12 bits per heavy atom. The first-order valence-corrected chi connectivity index (χ1v) is 13.5. The first kappa shape index (κ1) is 31.4. The van der Waals surface area contributed by atoms with Crippen LogP contribution in [0.5, 0.6) is 5.75 Å². The monoisotopic (exact) mass is 593 g/mol. The topological polar surface area (TPSA) is 232 Å². The lowest BCUT2D eigenvalue weighted by Crippen LogP contribution is -2.50. The Morgan fingerprint density at radius 2 is 1.83 bits per heavy atom. The summed E-state index contributed by atoms with van der Waals surface area (Å²) in [4.78, 5) is 58.7. The van der Waals surface area contributed by atoms with Crippen molar-refractivity contribution in [2.75, 3.05) is 18.9 Å². The fourth-order valence-electron chi connectivity index (χ4n) is 3.74. The van der Waals surface area contributed by atoms with Crippen molar-refractivity contribution in [3.05, 3.63) is 40.9 Å². The van der Waals surface area contributed by atoms with Crippen molar-refractivity contribution < 1.29 is 48.1 Å². The van der Waals surface area contributed by atoms with Gasteiger partial charge < -0.3 is 45.3 Å². The molecule has 2 amide bonds. The van der Waals surface area contributed by atoms with Gasteiger partial charge in [0.25, 0.3) is 0 Å². The number of nitrogens with one attached hydrogen (secondary N) is 2. The molecule has 41 heavy (non-hydrogen) atoms. The number of fused-ring (bicyclic) bond motifs is 2. The zero-order chi connectivity index (χ0) is 30.3. The predicted octanol–water partition coefficient (Wildman–Crippen LogP) is 0.668. The Bertz CT molecular complexity index is 1480. The summed E-state index contributed by atoms with van der Waals surface area (Å²) in [6.07, 6.45) is 0.991. The average molecular weight is 594 g/mol. The molecule has 0 spiro atoms. The van der Waals surface area contributed by atoms with Gasteiger partial charge in [0.2, 0.25) is 11.8 Å². The minimum atomic E-state index is -1.35. The molecule has 15 heteroatoms. The van der Waals surface area contributed by atoms with Crippen LogP contribution in [0.4, 0.5) is 0 Å². The lowest BCUT2D eigenvalue weighted by atomic mass is 10.1. The van der Waals surface area contributed by atoms with Crippen LogP contribution in [0.2, 0.25) is 0 Å². The second kappa shape index (κ2) is 13.5. The Balaban J connectivity index is 1.77. The average Bonchev–Trinajstić information content (AvgIpc) is 3.36. The largest absolute Gasteiger partial charge is 0.491 e. The van der Waals surface area contributed by atoms with E-state index < -0.39 is 58.9 Å². The number of hydrogen-bond acceptors (Lipinski definition) is 11. The molecule has 0 aliphatic rings. The maximum Gasteiger partial charge on any atom is 0.336 e. The summed E-state index contributed by atoms with van der Waals surface area (Å²) in [5, 5.41) is 33.8. The number of carboxylic acid groups (broad SMARTS) is 2. The van der Waals surface area contributed by atoms with Gasteiger partial charge in [0.05, 0.1) is 27.9 Å². The van der Waals surface area contributed by atoms with Crippen molar-refractivity contribution in [3.63, 3.8) is 0 Å². The van der Waals surface area contributed by atoms with Gasteiger partial charge in [0, 0.05) is 24.3 Å². The van der Waals surface area contributed by atoms with E-state index in [2.05, 4.69) is 10.6 Å². The predicted molar refractivity (Wildman–Crippen MR) is 148 cm³/mol. The van der Waals surface area contributed by atoms with Gasteiger partial charge >= 0.3 is 17.6 Å². The molecule has 14 nitrogen and oxygen atoms in total. The fraction of sp³-hybridized carbons (Fsp3) is 0.423. The van der Waals surface area contributed by atoms with Crippen LogP contribution in [-0.2, 0) is 19.2 Å². The van der Waals surface area contributed by atoms with Crippen molar-refractivity contribution in [2.24, 2.45) is 5.73 Å². The van der Waals surface area contributed by atoms with Gasteiger partial charge in [-0.05, 0) is 32.4 Å². The number of ether oxygens (including phenoxy) is 1. The summed E-state index contributed by atoms with van der Waals surface area (Å²) in [7, 11) is 0. The number of aliphatic hydroxyl groups is 1. The maximum absolute atomic E-state index is 12.7. The highest BCUT2D eigenvalue weighted by atomic mass is 32.2. The van der Waals surface area contributed by atoms with Crippen molar-refractivity contribution in [1.82, 2.24) is 10.6 Å². The molecule has 3 rings (SSSR count). The van der Waals surface area contributed by atoms with E-state index in [4.69, 9.17) is 29.5 Å². The zero-order valence-corrected chi connectivity index (χ0v) is 23.1. The molecule has 2 heterocycles. The number of thioether (sulfide) groups is 1. The number of amides is 2. The standard InChI is InChI=1S/C26H31N3O11S/c1-26(2,37)19(11-39-23-13-3-6-22(33)40-18(13)9-17-14(23)7-8-38-17)41-12-16(24(34)28-10-21(31)32)29-20(30)5-4-15(27)25(35)36/h3,6-9,15-16,19,37H,4-5,10-12,27H2,1-2H3,(H,28,34)(H,29,30)(H,31,32)(H,35,36). The van der Waals surface area contributed by atoms with E-state index in [0.717, 1.165) is 11.8 Å². The normalized spacial score (nSPS) is 13.9. The third-order valence-electron chi connectivity index (χ3n) is 6.00. The number of carboxylic acids is 2. The number of furan rings is 1. The maximum atomic E-state index is 12.7. The second-order valence-corrected chi connectivity index (χ2v) is 10.9. The van der Waals surface area contributed by atoms with E-state index in [0.29, 0.717) is 22.1 Å². The molecule has 0 aliphatic heterocycles. The quantitative estimate of drug-likeness (QED) is 0.133. The van der Waals surface area contributed by atoms with E-state index in [1.807, 2.05) is 0 Å². The van der Waals surface area contributed by atoms with Crippen LogP contribution >= 0.6 is 11.8 Å². The van der Waals surface area contributed by atoms with Gasteiger partial charge in [-0.15, -0.1) is 11.8 Å². The van der Waals surface area contributed by atoms with Gasteiger partial charge in [-0.2, -0.15) is 0 Å². The zero-order valence-electron chi connectivity index (χ0n) is 22.2. The third-order valence-corrected chi connectivity index (χ3v) is 7.65. The molecule has 1 aromatic carbocycles. The highest BCUT2D eigenvalue weighted by molar-refractivity contribution is 8.00. The fourth-order valence-corrected chi connectivity index (χ4v) is 4.97. The van der Waals surface area contributed by atoms with Crippen LogP contribution in [0, 0.1) is 0 Å². The van der Waals surface area contributed by atoms with Crippen molar-refractivity contribution in [3.8, 4) is 5.75 Å². The molecule has 2 aromatic heterocycles. The summed E-state index contributed by atoms with van der Waals surface area (Å²) < 4.78 is 16.8. The van der Waals surface area contributed by atoms with E-state index in [9.17, 15) is 29.1 Å². The van der Waals surface area contributed by atoms with E-state index in [1.54, 1.807) is 18.2 Å².